The van der Waals surface area contributed by atoms with Gasteiger partial charge in [-0.3, -0.25) is 4.68 Å². The standard InChI is InChI=1S/C11H14ClN5S/c1-4-13-11-14-6-8(12)10(15-11)18-9-5-7(2)16-17(9)3/h5-6H,4H2,1-3H3,(H,13,14,15). The normalized spacial score (nSPS) is 10.7. The molecule has 0 unspecified atom stereocenters. The number of aryl methyl sites for hydroxylation is 2. The van der Waals surface area contributed by atoms with Crippen LogP contribution in [0.2, 0.25) is 5.02 Å². The first-order chi connectivity index (χ1) is 8.60. The summed E-state index contributed by atoms with van der Waals surface area (Å²) in [5.74, 6) is 0.586. The van der Waals surface area contributed by atoms with Crippen molar-refractivity contribution in [1.29, 1.82) is 0 Å². The number of halogens is 1. The van der Waals surface area contributed by atoms with Gasteiger partial charge in [0.25, 0.3) is 0 Å². The second kappa shape index (κ2) is 5.58. The van der Waals surface area contributed by atoms with Crippen LogP contribution in [0.25, 0.3) is 0 Å². The molecule has 2 aromatic rings. The lowest BCUT2D eigenvalue weighted by atomic mass is 10.5. The van der Waals surface area contributed by atoms with Crippen molar-refractivity contribution in [2.75, 3.05) is 11.9 Å². The van der Waals surface area contributed by atoms with Crippen LogP contribution in [0.4, 0.5) is 5.95 Å². The molecule has 2 heterocycles. The Bertz CT molecular complexity index is 554. The third-order valence-corrected chi connectivity index (χ3v) is 3.69. The highest BCUT2D eigenvalue weighted by molar-refractivity contribution is 7.99. The summed E-state index contributed by atoms with van der Waals surface area (Å²) in [7, 11) is 1.90. The summed E-state index contributed by atoms with van der Waals surface area (Å²) in [6.45, 7) is 4.72. The molecule has 0 aliphatic carbocycles. The van der Waals surface area contributed by atoms with E-state index in [1.165, 1.54) is 11.8 Å². The van der Waals surface area contributed by atoms with Crippen molar-refractivity contribution in [1.82, 2.24) is 19.7 Å². The Morgan fingerprint density at radius 1 is 1.50 bits per heavy atom. The fourth-order valence-corrected chi connectivity index (χ4v) is 2.54. The van der Waals surface area contributed by atoms with E-state index in [-0.39, 0.29) is 0 Å². The molecule has 2 rings (SSSR count). The molecule has 5 nitrogen and oxygen atoms in total. The minimum absolute atomic E-state index is 0.542. The van der Waals surface area contributed by atoms with Crippen molar-refractivity contribution in [2.45, 2.75) is 23.9 Å². The first kappa shape index (κ1) is 13.2. The molecule has 2 aromatic heterocycles. The topological polar surface area (TPSA) is 55.6 Å². The average molecular weight is 284 g/mol. The van der Waals surface area contributed by atoms with Gasteiger partial charge < -0.3 is 5.32 Å². The summed E-state index contributed by atoms with van der Waals surface area (Å²) in [4.78, 5) is 8.48. The number of hydrogen-bond acceptors (Lipinski definition) is 5. The highest BCUT2D eigenvalue weighted by Gasteiger charge is 2.10. The number of aromatic nitrogens is 4. The van der Waals surface area contributed by atoms with Gasteiger partial charge in [-0.25, -0.2) is 9.97 Å². The summed E-state index contributed by atoms with van der Waals surface area (Å²) in [6.07, 6.45) is 1.61. The van der Waals surface area contributed by atoms with Gasteiger partial charge in [0, 0.05) is 13.6 Å². The first-order valence-corrected chi connectivity index (χ1v) is 6.74. The lowest BCUT2D eigenvalue weighted by Crippen LogP contribution is -2.02. The fourth-order valence-electron chi connectivity index (χ4n) is 1.45. The van der Waals surface area contributed by atoms with Gasteiger partial charge in [0.15, 0.2) is 0 Å². The fraction of sp³-hybridized carbons (Fsp3) is 0.364. The van der Waals surface area contributed by atoms with E-state index in [0.717, 1.165) is 22.3 Å². The smallest absolute Gasteiger partial charge is 0.223 e. The van der Waals surface area contributed by atoms with Gasteiger partial charge in [-0.15, -0.1) is 0 Å². The molecule has 0 atom stereocenters. The Morgan fingerprint density at radius 2 is 2.28 bits per heavy atom. The van der Waals surface area contributed by atoms with Crippen molar-refractivity contribution in [3.63, 3.8) is 0 Å². The molecule has 7 heteroatoms. The van der Waals surface area contributed by atoms with Gasteiger partial charge in [-0.1, -0.05) is 11.6 Å². The molecule has 0 spiro atoms. The molecule has 0 saturated carbocycles. The minimum Gasteiger partial charge on any atom is -0.354 e. The van der Waals surface area contributed by atoms with Gasteiger partial charge in [0.2, 0.25) is 5.95 Å². The molecule has 0 aliphatic rings. The monoisotopic (exact) mass is 283 g/mol. The largest absolute Gasteiger partial charge is 0.354 e. The minimum atomic E-state index is 0.542. The maximum absolute atomic E-state index is 6.10. The van der Waals surface area contributed by atoms with Gasteiger partial charge >= 0.3 is 0 Å². The molecule has 0 aromatic carbocycles. The van der Waals surface area contributed by atoms with Crippen molar-refractivity contribution >= 4 is 29.3 Å². The van der Waals surface area contributed by atoms with E-state index in [0.29, 0.717) is 11.0 Å². The zero-order valence-corrected chi connectivity index (χ0v) is 12.0. The van der Waals surface area contributed by atoms with Crippen LogP contribution in [0.5, 0.6) is 0 Å². The van der Waals surface area contributed by atoms with E-state index < -0.39 is 0 Å². The summed E-state index contributed by atoms with van der Waals surface area (Å²) < 4.78 is 1.81. The molecule has 0 saturated heterocycles. The van der Waals surface area contributed by atoms with E-state index in [4.69, 9.17) is 11.6 Å². The number of anilines is 1. The SMILES string of the molecule is CCNc1ncc(Cl)c(Sc2cc(C)nn2C)n1. The van der Waals surface area contributed by atoms with Crippen LogP contribution < -0.4 is 5.32 Å². The molecule has 96 valence electrons. The highest BCUT2D eigenvalue weighted by atomic mass is 35.5. The quantitative estimate of drug-likeness (QED) is 0.875. The Morgan fingerprint density at radius 3 is 2.89 bits per heavy atom. The Kier molecular flexibility index (Phi) is 4.08. The number of nitrogens with one attached hydrogen (secondary N) is 1. The second-order valence-electron chi connectivity index (χ2n) is 3.73. The summed E-state index contributed by atoms with van der Waals surface area (Å²) in [6, 6.07) is 2.00. The first-order valence-electron chi connectivity index (χ1n) is 5.55. The Hall–Kier alpha value is -1.27. The van der Waals surface area contributed by atoms with Crippen molar-refractivity contribution < 1.29 is 0 Å². The maximum atomic E-state index is 6.10. The molecule has 0 aliphatic heterocycles. The van der Waals surface area contributed by atoms with Crippen molar-refractivity contribution in [3.05, 3.63) is 23.0 Å². The van der Waals surface area contributed by atoms with E-state index in [9.17, 15) is 0 Å². The zero-order chi connectivity index (χ0) is 13.1. The summed E-state index contributed by atoms with van der Waals surface area (Å²) >= 11 is 7.58. The molecule has 0 amide bonds. The van der Waals surface area contributed by atoms with E-state index in [1.54, 1.807) is 6.20 Å². The number of nitrogens with zero attached hydrogens (tertiary/aromatic N) is 4. The van der Waals surface area contributed by atoms with E-state index in [1.807, 2.05) is 31.6 Å². The number of hydrogen-bond donors (Lipinski definition) is 1. The van der Waals surface area contributed by atoms with Gasteiger partial charge in [0.1, 0.15) is 10.1 Å². The van der Waals surface area contributed by atoms with Crippen LogP contribution in [0, 0.1) is 6.92 Å². The number of rotatable bonds is 4. The molecule has 0 fully saturated rings. The summed E-state index contributed by atoms with van der Waals surface area (Å²) in [5.41, 5.74) is 0.970. The zero-order valence-electron chi connectivity index (χ0n) is 10.4. The van der Waals surface area contributed by atoms with E-state index >= 15 is 0 Å². The molecule has 18 heavy (non-hydrogen) atoms. The summed E-state index contributed by atoms with van der Waals surface area (Å²) in [5, 5.41) is 9.62. The molecule has 0 bridgehead atoms. The highest BCUT2D eigenvalue weighted by Crippen LogP contribution is 2.31. The van der Waals surface area contributed by atoms with Crippen molar-refractivity contribution in [3.8, 4) is 0 Å². The molecular weight excluding hydrogens is 270 g/mol. The van der Waals surface area contributed by atoms with Crippen LogP contribution in [0.15, 0.2) is 22.3 Å². The molecule has 1 N–H and O–H groups in total. The third-order valence-electron chi connectivity index (χ3n) is 2.21. The molecular formula is C11H14ClN5S. The van der Waals surface area contributed by atoms with Crippen LogP contribution in [-0.2, 0) is 7.05 Å². The van der Waals surface area contributed by atoms with E-state index in [2.05, 4.69) is 20.4 Å². The van der Waals surface area contributed by atoms with Crippen LogP contribution >= 0.6 is 23.4 Å². The van der Waals surface area contributed by atoms with Crippen LogP contribution in [0.3, 0.4) is 0 Å². The second-order valence-corrected chi connectivity index (χ2v) is 5.14. The Labute approximate surface area is 115 Å². The van der Waals surface area contributed by atoms with Gasteiger partial charge in [-0.05, 0) is 31.7 Å². The average Bonchev–Trinajstić information content (AvgIpc) is 2.62. The molecule has 0 radical (unpaired) electrons. The Balaban J connectivity index is 2.27. The predicted molar refractivity (Wildman–Crippen MR) is 73.3 cm³/mol. The van der Waals surface area contributed by atoms with Crippen LogP contribution in [-0.4, -0.2) is 26.3 Å². The maximum Gasteiger partial charge on any atom is 0.223 e. The van der Waals surface area contributed by atoms with Crippen LogP contribution in [0.1, 0.15) is 12.6 Å². The van der Waals surface area contributed by atoms with Gasteiger partial charge in [-0.2, -0.15) is 5.10 Å². The predicted octanol–water partition coefficient (Wildman–Crippen LogP) is 2.75. The van der Waals surface area contributed by atoms with Crippen molar-refractivity contribution in [2.24, 2.45) is 7.05 Å². The third kappa shape index (κ3) is 2.94. The lowest BCUT2D eigenvalue weighted by Gasteiger charge is -2.06. The van der Waals surface area contributed by atoms with Gasteiger partial charge in [0.05, 0.1) is 16.9 Å². The lowest BCUT2D eigenvalue weighted by molar-refractivity contribution is 0.692.